The van der Waals surface area contributed by atoms with Crippen LogP contribution in [0.15, 0.2) is 23.0 Å². The number of likely N-dealkylation sites (N-methyl/N-ethyl adjacent to an activating group) is 1. The molecule has 0 saturated heterocycles. The number of nitrogens with zero attached hydrogens (tertiary/aromatic N) is 1. The van der Waals surface area contributed by atoms with Gasteiger partial charge >= 0.3 is 0 Å². The van der Waals surface area contributed by atoms with Crippen LogP contribution in [0.1, 0.15) is 23.1 Å². The maximum Gasteiger partial charge on any atom is 0.253 e. The Morgan fingerprint density at radius 2 is 1.83 bits per heavy atom. The van der Waals surface area contributed by atoms with Gasteiger partial charge in [-0.3, -0.25) is 4.79 Å². The molecular formula is C22H37N5OS+2. The van der Waals surface area contributed by atoms with Crippen molar-refractivity contribution >= 4 is 28.2 Å². The van der Waals surface area contributed by atoms with Crippen LogP contribution in [0.5, 0.6) is 0 Å². The van der Waals surface area contributed by atoms with Gasteiger partial charge in [0.15, 0.2) is 5.11 Å². The van der Waals surface area contributed by atoms with E-state index in [0.717, 1.165) is 59.7 Å². The van der Waals surface area contributed by atoms with Gasteiger partial charge in [0.05, 0.1) is 59.9 Å². The second-order valence-corrected chi connectivity index (χ2v) is 8.90. The molecule has 1 heterocycles. The first kappa shape index (κ1) is 23.3. The number of quaternary nitrogens is 2. The molecule has 0 amide bonds. The van der Waals surface area contributed by atoms with E-state index < -0.39 is 0 Å². The molecule has 4 N–H and O–H groups in total. The average molecular weight is 420 g/mol. The van der Waals surface area contributed by atoms with E-state index in [-0.39, 0.29) is 5.56 Å². The summed E-state index contributed by atoms with van der Waals surface area (Å²) < 4.78 is 0. The third-order valence-corrected chi connectivity index (χ3v) is 5.69. The van der Waals surface area contributed by atoms with Crippen molar-refractivity contribution in [2.24, 2.45) is 0 Å². The van der Waals surface area contributed by atoms with Gasteiger partial charge in [-0.1, -0.05) is 12.1 Å². The highest BCUT2D eigenvalue weighted by atomic mass is 32.1. The van der Waals surface area contributed by atoms with Crippen LogP contribution in [0.2, 0.25) is 0 Å². The molecule has 0 saturated carbocycles. The van der Waals surface area contributed by atoms with Crippen LogP contribution in [0, 0.1) is 13.8 Å². The number of aromatic amines is 1. The molecule has 29 heavy (non-hydrogen) atoms. The molecule has 160 valence electrons. The van der Waals surface area contributed by atoms with Crippen LogP contribution in [0.25, 0.3) is 10.9 Å². The zero-order chi connectivity index (χ0) is 21.6. The van der Waals surface area contributed by atoms with Gasteiger partial charge in [0.1, 0.15) is 0 Å². The van der Waals surface area contributed by atoms with Crippen molar-refractivity contribution in [2.75, 3.05) is 54.4 Å². The summed E-state index contributed by atoms with van der Waals surface area (Å²) in [6.07, 6.45) is 1.06. The number of H-pyrrole nitrogens is 1. The summed E-state index contributed by atoms with van der Waals surface area (Å²) in [4.78, 5) is 20.8. The Balaban J connectivity index is 2.19. The number of thiocarbonyl (C=S) groups is 1. The molecule has 0 aliphatic carbocycles. The number of hydrogen-bond donors (Lipinski definition) is 4. The fourth-order valence-corrected chi connectivity index (χ4v) is 3.51. The maximum absolute atomic E-state index is 12.8. The van der Waals surface area contributed by atoms with E-state index in [9.17, 15) is 4.79 Å². The van der Waals surface area contributed by atoms with Crippen molar-refractivity contribution in [3.63, 3.8) is 0 Å². The zero-order valence-corrected chi connectivity index (χ0v) is 19.6. The Morgan fingerprint density at radius 1 is 1.14 bits per heavy atom. The number of aromatic nitrogens is 1. The van der Waals surface area contributed by atoms with Crippen molar-refractivity contribution in [3.8, 4) is 0 Å². The summed E-state index contributed by atoms with van der Waals surface area (Å²) in [5.41, 5.74) is 3.94. The van der Waals surface area contributed by atoms with Gasteiger partial charge in [0.2, 0.25) is 0 Å². The normalized spacial score (nSPS) is 11.4. The number of fused-ring (bicyclic) bond motifs is 1. The molecule has 0 fully saturated rings. The maximum atomic E-state index is 12.8. The van der Waals surface area contributed by atoms with Crippen LogP contribution >= 0.6 is 12.2 Å². The smallest absolute Gasteiger partial charge is 0.253 e. The molecule has 0 radical (unpaired) electrons. The topological polar surface area (TPSA) is 57.0 Å². The first-order valence-corrected chi connectivity index (χ1v) is 10.8. The van der Waals surface area contributed by atoms with Gasteiger partial charge in [-0.2, -0.15) is 0 Å². The summed E-state index contributed by atoms with van der Waals surface area (Å²) in [7, 11) is 8.56. The van der Waals surface area contributed by atoms with E-state index >= 15 is 0 Å². The quantitative estimate of drug-likeness (QED) is 0.327. The molecule has 0 bridgehead atoms. The molecule has 6 nitrogen and oxygen atoms in total. The molecule has 1 aromatic carbocycles. The van der Waals surface area contributed by atoms with Gasteiger partial charge in [-0.05, 0) is 48.6 Å². The molecular weight excluding hydrogens is 382 g/mol. The van der Waals surface area contributed by atoms with E-state index in [0.29, 0.717) is 6.54 Å². The molecule has 0 spiro atoms. The fraction of sp³-hybridized carbons (Fsp3) is 0.545. The van der Waals surface area contributed by atoms with Crippen molar-refractivity contribution < 1.29 is 9.80 Å². The second-order valence-electron chi connectivity index (χ2n) is 8.52. The first-order chi connectivity index (χ1) is 13.7. The van der Waals surface area contributed by atoms with E-state index in [2.05, 4.69) is 62.4 Å². The van der Waals surface area contributed by atoms with Gasteiger partial charge in [0.25, 0.3) is 5.56 Å². The standard InChI is InChI=1S/C22H35N5OS/c1-16-8-9-18-14-19(21(28)24-20(18)17(16)2)15-27(13-12-26(5)6)22(29)23-10-7-11-25(3)4/h8-9,14H,7,10-13,15H2,1-6H3,(H,23,29)(H,24,28)/p+2. The summed E-state index contributed by atoms with van der Waals surface area (Å²) in [5.74, 6) is 0. The molecule has 0 aliphatic rings. The summed E-state index contributed by atoms with van der Waals surface area (Å²) in [6, 6.07) is 6.19. The lowest BCUT2D eigenvalue weighted by Gasteiger charge is -2.26. The van der Waals surface area contributed by atoms with E-state index in [1.54, 1.807) is 0 Å². The van der Waals surface area contributed by atoms with Gasteiger partial charge in [-0.25, -0.2) is 0 Å². The molecule has 7 heteroatoms. The number of hydrogen-bond acceptors (Lipinski definition) is 2. The van der Waals surface area contributed by atoms with Crippen molar-refractivity contribution in [1.82, 2.24) is 15.2 Å². The summed E-state index contributed by atoms with van der Waals surface area (Å²) in [5, 5.41) is 5.16. The largest absolute Gasteiger partial charge is 0.362 e. The minimum absolute atomic E-state index is 0.0348. The Morgan fingerprint density at radius 3 is 2.48 bits per heavy atom. The van der Waals surface area contributed by atoms with E-state index in [1.807, 2.05) is 13.0 Å². The first-order valence-electron chi connectivity index (χ1n) is 10.4. The molecule has 0 atom stereocenters. The highest BCUT2D eigenvalue weighted by Gasteiger charge is 2.15. The molecule has 0 unspecified atom stereocenters. The fourth-order valence-electron chi connectivity index (χ4n) is 3.25. The average Bonchev–Trinajstić information content (AvgIpc) is 2.65. The Labute approximate surface area is 179 Å². The predicted octanol–water partition coefficient (Wildman–Crippen LogP) is -0.499. The molecule has 2 aromatic rings. The lowest BCUT2D eigenvalue weighted by molar-refractivity contribution is -0.858. The number of benzene rings is 1. The number of aryl methyl sites for hydroxylation is 2. The monoisotopic (exact) mass is 419 g/mol. The third-order valence-electron chi connectivity index (χ3n) is 5.29. The molecule has 2 rings (SSSR count). The molecule has 1 aromatic heterocycles. The Kier molecular flexibility index (Phi) is 8.61. The number of rotatable bonds is 9. The Bertz CT molecular complexity index is 891. The van der Waals surface area contributed by atoms with E-state index in [4.69, 9.17) is 12.2 Å². The minimum atomic E-state index is -0.0348. The Hall–Kier alpha value is -1.96. The number of nitrogens with one attached hydrogen (secondary N) is 4. The lowest BCUT2D eigenvalue weighted by atomic mass is 10.0. The minimum Gasteiger partial charge on any atom is -0.362 e. The summed E-state index contributed by atoms with van der Waals surface area (Å²) in [6.45, 7) is 8.33. The lowest BCUT2D eigenvalue weighted by Crippen LogP contribution is -3.06. The van der Waals surface area contributed by atoms with E-state index in [1.165, 1.54) is 15.4 Å². The highest BCUT2D eigenvalue weighted by molar-refractivity contribution is 7.80. The van der Waals surface area contributed by atoms with Crippen molar-refractivity contribution in [3.05, 3.63) is 45.2 Å². The van der Waals surface area contributed by atoms with Gasteiger partial charge in [-0.15, -0.1) is 0 Å². The van der Waals surface area contributed by atoms with Crippen LogP contribution < -0.4 is 20.7 Å². The van der Waals surface area contributed by atoms with Crippen LogP contribution in [-0.4, -0.2) is 69.4 Å². The molecule has 0 aliphatic heterocycles. The predicted molar refractivity (Wildman–Crippen MR) is 125 cm³/mol. The van der Waals surface area contributed by atoms with Crippen LogP contribution in [0.3, 0.4) is 0 Å². The van der Waals surface area contributed by atoms with Gasteiger partial charge in [0, 0.05) is 18.5 Å². The van der Waals surface area contributed by atoms with Gasteiger partial charge < -0.3 is 25.0 Å². The second kappa shape index (κ2) is 10.7. The highest BCUT2D eigenvalue weighted by Crippen LogP contribution is 2.19. The number of pyridine rings is 1. The zero-order valence-electron chi connectivity index (χ0n) is 18.7. The SMILES string of the molecule is Cc1ccc2cc(CN(CC[NH+](C)C)C(=S)NCCC[NH+](C)C)c(=O)[nH]c2c1C. The van der Waals surface area contributed by atoms with Crippen LogP contribution in [-0.2, 0) is 6.54 Å². The summed E-state index contributed by atoms with van der Waals surface area (Å²) >= 11 is 5.67. The van der Waals surface area contributed by atoms with Crippen molar-refractivity contribution in [1.29, 1.82) is 0 Å². The third kappa shape index (κ3) is 6.80. The van der Waals surface area contributed by atoms with Crippen molar-refractivity contribution in [2.45, 2.75) is 26.8 Å². The van der Waals surface area contributed by atoms with Crippen LogP contribution in [0.4, 0.5) is 0 Å².